The molecule has 0 saturated carbocycles. The third-order valence-corrected chi connectivity index (χ3v) is 1.87. The van der Waals surface area contributed by atoms with Gasteiger partial charge in [0.2, 0.25) is 0 Å². The van der Waals surface area contributed by atoms with Crippen LogP contribution in [0.3, 0.4) is 0 Å². The van der Waals surface area contributed by atoms with Gasteiger partial charge in [0.05, 0.1) is 0 Å². The van der Waals surface area contributed by atoms with Crippen LogP contribution >= 0.6 is 11.6 Å². The van der Waals surface area contributed by atoms with Crippen LogP contribution in [0.15, 0.2) is 36.7 Å². The molecule has 0 bridgehead atoms. The fraction of sp³-hybridized carbons (Fsp3) is 0. The van der Waals surface area contributed by atoms with Gasteiger partial charge in [0.15, 0.2) is 0 Å². The Morgan fingerprint density at radius 3 is 2.50 bits per heavy atom. The number of aromatic nitrogens is 2. The summed E-state index contributed by atoms with van der Waals surface area (Å²) in [4.78, 5) is 7.14. The van der Waals surface area contributed by atoms with Gasteiger partial charge in [-0.2, -0.15) is 0 Å². The third-order valence-electron chi connectivity index (χ3n) is 1.62. The number of hydrogen-bond acceptors (Lipinski definition) is 1. The van der Waals surface area contributed by atoms with Gasteiger partial charge < -0.3 is 4.98 Å². The number of rotatable bonds is 1. The average Bonchev–Trinajstić information content (AvgIpc) is 2.58. The van der Waals surface area contributed by atoms with Gasteiger partial charge in [0.1, 0.15) is 5.82 Å². The molecule has 0 aliphatic carbocycles. The molecule has 1 N–H and O–H groups in total. The summed E-state index contributed by atoms with van der Waals surface area (Å²) < 4.78 is 0. The highest BCUT2D eigenvalue weighted by atomic mass is 35.5. The minimum atomic E-state index is 0.741. The van der Waals surface area contributed by atoms with E-state index in [1.807, 2.05) is 24.3 Å². The lowest BCUT2D eigenvalue weighted by atomic mass is 10.2. The van der Waals surface area contributed by atoms with E-state index in [1.54, 1.807) is 12.4 Å². The van der Waals surface area contributed by atoms with E-state index in [9.17, 15) is 0 Å². The molecule has 3 heteroatoms. The van der Waals surface area contributed by atoms with E-state index in [-0.39, 0.29) is 0 Å². The van der Waals surface area contributed by atoms with E-state index in [0.29, 0.717) is 0 Å². The van der Waals surface area contributed by atoms with Gasteiger partial charge in [0.25, 0.3) is 0 Å². The molecule has 1 heterocycles. The van der Waals surface area contributed by atoms with Crippen molar-refractivity contribution in [2.45, 2.75) is 0 Å². The van der Waals surface area contributed by atoms with E-state index in [4.69, 9.17) is 11.6 Å². The first kappa shape index (κ1) is 7.37. The quantitative estimate of drug-likeness (QED) is 0.715. The van der Waals surface area contributed by atoms with Gasteiger partial charge in [-0.3, -0.25) is 0 Å². The summed E-state index contributed by atoms with van der Waals surface area (Å²) in [5.41, 5.74) is 1.05. The largest absolute Gasteiger partial charge is 0.345 e. The smallest absolute Gasteiger partial charge is 0.137 e. The van der Waals surface area contributed by atoms with E-state index in [2.05, 4.69) is 9.97 Å². The Hall–Kier alpha value is -1.28. The average molecular weight is 179 g/mol. The second kappa shape index (κ2) is 2.99. The molecule has 0 radical (unpaired) electrons. The highest BCUT2D eigenvalue weighted by molar-refractivity contribution is 6.30. The minimum Gasteiger partial charge on any atom is -0.345 e. The molecule has 0 spiro atoms. The van der Waals surface area contributed by atoms with Crippen molar-refractivity contribution in [3.63, 3.8) is 0 Å². The topological polar surface area (TPSA) is 28.7 Å². The number of nitrogens with one attached hydrogen (secondary N) is 1. The van der Waals surface area contributed by atoms with Crippen molar-refractivity contribution in [3.8, 4) is 11.4 Å². The van der Waals surface area contributed by atoms with Crippen LogP contribution in [0.1, 0.15) is 0 Å². The van der Waals surface area contributed by atoms with E-state index < -0.39 is 0 Å². The molecule has 0 fully saturated rings. The van der Waals surface area contributed by atoms with Crippen molar-refractivity contribution >= 4 is 11.6 Å². The standard InChI is InChI=1S/C9H7ClN2/c10-8-3-1-7(2-4-8)9-11-5-6-12-9/h1-6H,(H,11,12). The highest BCUT2D eigenvalue weighted by Gasteiger charge is 1.97. The van der Waals surface area contributed by atoms with Crippen LogP contribution in [-0.4, -0.2) is 9.97 Å². The number of hydrogen-bond donors (Lipinski definition) is 1. The first-order valence-corrected chi connectivity index (χ1v) is 3.99. The lowest BCUT2D eigenvalue weighted by Gasteiger charge is -1.95. The molecule has 1 aromatic carbocycles. The zero-order valence-electron chi connectivity index (χ0n) is 6.29. The third kappa shape index (κ3) is 1.34. The molecule has 0 aliphatic rings. The highest BCUT2D eigenvalue weighted by Crippen LogP contribution is 2.16. The molecule has 0 atom stereocenters. The van der Waals surface area contributed by atoms with Gasteiger partial charge in [0, 0.05) is 23.0 Å². The SMILES string of the molecule is Clc1ccc(-c2ncc[nH]2)cc1. The predicted molar refractivity (Wildman–Crippen MR) is 49.0 cm³/mol. The van der Waals surface area contributed by atoms with Gasteiger partial charge >= 0.3 is 0 Å². The molecule has 1 aromatic heterocycles. The van der Waals surface area contributed by atoms with Crippen molar-refractivity contribution in [2.24, 2.45) is 0 Å². The van der Waals surface area contributed by atoms with E-state index in [1.165, 1.54) is 0 Å². The van der Waals surface area contributed by atoms with Gasteiger partial charge in [-0.05, 0) is 24.3 Å². The van der Waals surface area contributed by atoms with E-state index in [0.717, 1.165) is 16.4 Å². The summed E-state index contributed by atoms with van der Waals surface area (Å²) in [6, 6.07) is 7.56. The monoisotopic (exact) mass is 178 g/mol. The number of imidazole rings is 1. The first-order chi connectivity index (χ1) is 5.86. The molecular weight excluding hydrogens is 172 g/mol. The number of halogens is 1. The van der Waals surface area contributed by atoms with Crippen molar-refractivity contribution < 1.29 is 0 Å². The molecular formula is C9H7ClN2. The maximum Gasteiger partial charge on any atom is 0.137 e. The molecule has 60 valence electrons. The summed E-state index contributed by atoms with van der Waals surface area (Å²) in [7, 11) is 0. The van der Waals surface area contributed by atoms with Crippen LogP contribution in [0.4, 0.5) is 0 Å². The number of nitrogens with zero attached hydrogens (tertiary/aromatic N) is 1. The van der Waals surface area contributed by atoms with Crippen molar-refractivity contribution in [2.75, 3.05) is 0 Å². The molecule has 2 nitrogen and oxygen atoms in total. The lowest BCUT2D eigenvalue weighted by molar-refractivity contribution is 1.31. The Morgan fingerprint density at radius 2 is 1.92 bits per heavy atom. The molecule has 0 saturated heterocycles. The molecule has 2 rings (SSSR count). The molecule has 0 unspecified atom stereocenters. The zero-order chi connectivity index (χ0) is 8.39. The van der Waals surface area contributed by atoms with Crippen molar-refractivity contribution in [1.29, 1.82) is 0 Å². The number of H-pyrrole nitrogens is 1. The maximum absolute atomic E-state index is 5.74. The Bertz CT molecular complexity index is 351. The van der Waals surface area contributed by atoms with Crippen LogP contribution in [-0.2, 0) is 0 Å². The van der Waals surface area contributed by atoms with Crippen LogP contribution in [0.2, 0.25) is 5.02 Å². The van der Waals surface area contributed by atoms with Crippen LogP contribution < -0.4 is 0 Å². The Balaban J connectivity index is 2.43. The zero-order valence-corrected chi connectivity index (χ0v) is 7.05. The predicted octanol–water partition coefficient (Wildman–Crippen LogP) is 2.73. The Morgan fingerprint density at radius 1 is 1.17 bits per heavy atom. The number of benzene rings is 1. The molecule has 0 amide bonds. The van der Waals surface area contributed by atoms with Gasteiger partial charge in [-0.15, -0.1) is 0 Å². The first-order valence-electron chi connectivity index (χ1n) is 3.61. The van der Waals surface area contributed by atoms with Crippen molar-refractivity contribution in [3.05, 3.63) is 41.7 Å². The second-order valence-corrected chi connectivity index (χ2v) is 2.88. The summed E-state index contributed by atoms with van der Waals surface area (Å²) in [6.07, 6.45) is 3.52. The lowest BCUT2D eigenvalue weighted by Crippen LogP contribution is -1.78. The van der Waals surface area contributed by atoms with Crippen molar-refractivity contribution in [1.82, 2.24) is 9.97 Å². The van der Waals surface area contributed by atoms with Crippen LogP contribution in [0.25, 0.3) is 11.4 Å². The summed E-state index contributed by atoms with van der Waals surface area (Å²) in [5.74, 6) is 0.867. The fourth-order valence-electron chi connectivity index (χ4n) is 1.03. The summed E-state index contributed by atoms with van der Waals surface area (Å²) >= 11 is 5.74. The summed E-state index contributed by atoms with van der Waals surface area (Å²) in [5, 5.41) is 0.741. The van der Waals surface area contributed by atoms with Crippen LogP contribution in [0.5, 0.6) is 0 Å². The molecule has 2 aromatic rings. The maximum atomic E-state index is 5.74. The Labute approximate surface area is 75.2 Å². The van der Waals surface area contributed by atoms with Gasteiger partial charge in [-0.25, -0.2) is 4.98 Å². The van der Waals surface area contributed by atoms with Crippen LogP contribution in [0, 0.1) is 0 Å². The fourth-order valence-corrected chi connectivity index (χ4v) is 1.16. The normalized spacial score (nSPS) is 10.1. The number of aromatic amines is 1. The minimum absolute atomic E-state index is 0.741. The Kier molecular flexibility index (Phi) is 1.84. The molecule has 0 aliphatic heterocycles. The molecule has 12 heavy (non-hydrogen) atoms. The second-order valence-electron chi connectivity index (χ2n) is 2.44. The van der Waals surface area contributed by atoms with E-state index >= 15 is 0 Å². The summed E-state index contributed by atoms with van der Waals surface area (Å²) in [6.45, 7) is 0. The van der Waals surface area contributed by atoms with Gasteiger partial charge in [-0.1, -0.05) is 11.6 Å².